The average Bonchev–Trinajstić information content (AvgIpc) is 2.82. The number of nitrogens with zero attached hydrogens (tertiary/aromatic N) is 5. The van der Waals surface area contributed by atoms with E-state index in [9.17, 15) is 4.79 Å². The van der Waals surface area contributed by atoms with Gasteiger partial charge < -0.3 is 11.1 Å². The summed E-state index contributed by atoms with van der Waals surface area (Å²) >= 11 is 0. The fraction of sp³-hybridized carbons (Fsp3) is 0.0833. The third kappa shape index (κ3) is 1.92. The highest BCUT2D eigenvalue weighted by atomic mass is 16.1. The molecule has 1 aromatic carbocycles. The van der Waals surface area contributed by atoms with E-state index in [4.69, 9.17) is 5.73 Å². The van der Waals surface area contributed by atoms with Gasteiger partial charge in [-0.25, -0.2) is 14.6 Å². The summed E-state index contributed by atoms with van der Waals surface area (Å²) < 4.78 is 1.54. The van der Waals surface area contributed by atoms with Crippen molar-refractivity contribution in [3.05, 3.63) is 36.2 Å². The summed E-state index contributed by atoms with van der Waals surface area (Å²) in [6.07, 6.45) is 1.40. The molecule has 8 heteroatoms. The van der Waals surface area contributed by atoms with Crippen molar-refractivity contribution < 1.29 is 4.79 Å². The molecule has 0 spiro atoms. The number of hydrogen-bond acceptors (Lipinski definition) is 6. The molecule has 0 fully saturated rings. The molecule has 1 amide bonds. The standard InChI is InChI=1S/C12H11N7O/c1-19-12-9(17-18-19)11(14-6-15-12)16-8-5-3-2-4-7(8)10(13)20/h2-6H,1H3,(H2,13,20)(H,14,15,16). The van der Waals surface area contributed by atoms with E-state index in [-0.39, 0.29) is 0 Å². The Hall–Kier alpha value is -3.03. The van der Waals surface area contributed by atoms with E-state index < -0.39 is 5.91 Å². The SMILES string of the molecule is Cn1nnc2c(Nc3ccccc3C(N)=O)ncnc21. The van der Waals surface area contributed by atoms with E-state index in [1.807, 2.05) is 0 Å². The van der Waals surface area contributed by atoms with E-state index in [0.717, 1.165) is 0 Å². The summed E-state index contributed by atoms with van der Waals surface area (Å²) in [5.41, 5.74) is 7.40. The number of aromatic nitrogens is 5. The van der Waals surface area contributed by atoms with Crippen LogP contribution >= 0.6 is 0 Å². The maximum absolute atomic E-state index is 11.4. The maximum atomic E-state index is 11.4. The molecular formula is C12H11N7O. The molecule has 3 N–H and O–H groups in total. The molecule has 2 aromatic heterocycles. The van der Waals surface area contributed by atoms with E-state index in [2.05, 4.69) is 25.6 Å². The Kier molecular flexibility index (Phi) is 2.75. The molecule has 0 saturated carbocycles. The van der Waals surface area contributed by atoms with Crippen LogP contribution in [-0.2, 0) is 7.05 Å². The van der Waals surface area contributed by atoms with Crippen molar-refractivity contribution in [1.29, 1.82) is 0 Å². The van der Waals surface area contributed by atoms with Gasteiger partial charge in [-0.15, -0.1) is 5.10 Å². The molecule has 0 bridgehead atoms. The van der Waals surface area contributed by atoms with Crippen LogP contribution in [0.2, 0.25) is 0 Å². The van der Waals surface area contributed by atoms with Gasteiger partial charge in [-0.05, 0) is 12.1 Å². The molecule has 3 rings (SSSR count). The highest BCUT2D eigenvalue weighted by Crippen LogP contribution is 2.22. The molecule has 20 heavy (non-hydrogen) atoms. The number of nitrogens with one attached hydrogen (secondary N) is 1. The van der Waals surface area contributed by atoms with Crippen LogP contribution in [0, 0.1) is 0 Å². The van der Waals surface area contributed by atoms with Gasteiger partial charge in [-0.1, -0.05) is 17.3 Å². The number of amides is 1. The Balaban J connectivity index is 2.08. The van der Waals surface area contributed by atoms with Crippen molar-refractivity contribution in [3.63, 3.8) is 0 Å². The molecule has 3 aromatic rings. The van der Waals surface area contributed by atoms with E-state index in [1.165, 1.54) is 6.33 Å². The number of rotatable bonds is 3. The molecule has 0 unspecified atom stereocenters. The van der Waals surface area contributed by atoms with Gasteiger partial charge in [0.25, 0.3) is 5.91 Å². The summed E-state index contributed by atoms with van der Waals surface area (Å²) in [5, 5.41) is 10.9. The quantitative estimate of drug-likeness (QED) is 0.720. The first kappa shape index (κ1) is 12.0. The summed E-state index contributed by atoms with van der Waals surface area (Å²) in [6, 6.07) is 6.91. The molecule has 0 saturated heterocycles. The summed E-state index contributed by atoms with van der Waals surface area (Å²) in [6.45, 7) is 0. The van der Waals surface area contributed by atoms with Crippen molar-refractivity contribution in [2.24, 2.45) is 12.8 Å². The molecule has 0 aliphatic heterocycles. The first-order valence-electron chi connectivity index (χ1n) is 5.83. The third-order valence-electron chi connectivity index (χ3n) is 2.83. The van der Waals surface area contributed by atoms with Crippen LogP contribution in [0.5, 0.6) is 0 Å². The Bertz CT molecular complexity index is 795. The molecule has 0 aliphatic rings. The first-order chi connectivity index (χ1) is 9.66. The van der Waals surface area contributed by atoms with Gasteiger partial charge in [0, 0.05) is 7.05 Å². The van der Waals surface area contributed by atoms with Crippen LogP contribution in [0.3, 0.4) is 0 Å². The zero-order valence-electron chi connectivity index (χ0n) is 10.6. The molecule has 100 valence electrons. The van der Waals surface area contributed by atoms with Crippen LogP contribution in [0.15, 0.2) is 30.6 Å². The summed E-state index contributed by atoms with van der Waals surface area (Å²) in [7, 11) is 1.74. The number of aryl methyl sites for hydroxylation is 1. The highest BCUT2D eigenvalue weighted by molar-refractivity contribution is 6.00. The van der Waals surface area contributed by atoms with Crippen molar-refractivity contribution >= 4 is 28.6 Å². The van der Waals surface area contributed by atoms with Crippen LogP contribution < -0.4 is 11.1 Å². The highest BCUT2D eigenvalue weighted by Gasteiger charge is 2.12. The number of primary amides is 1. The van der Waals surface area contributed by atoms with Crippen molar-refractivity contribution in [1.82, 2.24) is 25.0 Å². The minimum absolute atomic E-state index is 0.378. The van der Waals surface area contributed by atoms with Gasteiger partial charge in [0.05, 0.1) is 11.3 Å². The van der Waals surface area contributed by atoms with Crippen LogP contribution in [0.4, 0.5) is 11.5 Å². The van der Waals surface area contributed by atoms with E-state index >= 15 is 0 Å². The second-order valence-corrected chi connectivity index (χ2v) is 4.14. The monoisotopic (exact) mass is 269 g/mol. The number of anilines is 2. The van der Waals surface area contributed by atoms with E-state index in [1.54, 1.807) is 36.0 Å². The molecular weight excluding hydrogens is 258 g/mol. The smallest absolute Gasteiger partial charge is 0.250 e. The summed E-state index contributed by atoms with van der Waals surface area (Å²) in [5.74, 6) is -0.0469. The Morgan fingerprint density at radius 2 is 2.10 bits per heavy atom. The number of benzene rings is 1. The lowest BCUT2D eigenvalue weighted by Gasteiger charge is -2.08. The van der Waals surface area contributed by atoms with Gasteiger partial charge in [0.2, 0.25) is 0 Å². The number of fused-ring (bicyclic) bond motifs is 1. The van der Waals surface area contributed by atoms with Gasteiger partial charge in [-0.3, -0.25) is 4.79 Å². The minimum atomic E-state index is -0.516. The van der Waals surface area contributed by atoms with Gasteiger partial charge >= 0.3 is 0 Å². The predicted octanol–water partition coefficient (Wildman–Crippen LogP) is 0.601. The molecule has 0 atom stereocenters. The first-order valence-corrected chi connectivity index (χ1v) is 5.83. The van der Waals surface area contributed by atoms with Crippen LogP contribution in [0.25, 0.3) is 11.2 Å². The largest absolute Gasteiger partial charge is 0.366 e. The lowest BCUT2D eigenvalue weighted by Crippen LogP contribution is -2.13. The Morgan fingerprint density at radius 1 is 1.30 bits per heavy atom. The van der Waals surface area contributed by atoms with Gasteiger partial charge in [-0.2, -0.15) is 0 Å². The Morgan fingerprint density at radius 3 is 2.90 bits per heavy atom. The second kappa shape index (κ2) is 4.57. The fourth-order valence-electron chi connectivity index (χ4n) is 1.88. The Labute approximate surface area is 113 Å². The minimum Gasteiger partial charge on any atom is -0.366 e. The number of nitrogens with two attached hydrogens (primary N) is 1. The predicted molar refractivity (Wildman–Crippen MR) is 72.3 cm³/mol. The topological polar surface area (TPSA) is 112 Å². The van der Waals surface area contributed by atoms with Gasteiger partial charge in [0.1, 0.15) is 6.33 Å². The van der Waals surface area contributed by atoms with E-state index in [0.29, 0.717) is 28.2 Å². The van der Waals surface area contributed by atoms with Crippen molar-refractivity contribution in [2.45, 2.75) is 0 Å². The lowest BCUT2D eigenvalue weighted by atomic mass is 10.1. The fourth-order valence-corrected chi connectivity index (χ4v) is 1.88. The number of hydrogen-bond donors (Lipinski definition) is 2. The molecule has 0 radical (unpaired) electrons. The van der Waals surface area contributed by atoms with Crippen LogP contribution in [0.1, 0.15) is 10.4 Å². The molecule has 0 aliphatic carbocycles. The second-order valence-electron chi connectivity index (χ2n) is 4.14. The average molecular weight is 269 g/mol. The van der Waals surface area contributed by atoms with Crippen LogP contribution in [-0.4, -0.2) is 30.9 Å². The normalized spacial score (nSPS) is 10.7. The van der Waals surface area contributed by atoms with Gasteiger partial charge in [0.15, 0.2) is 17.0 Å². The van der Waals surface area contributed by atoms with Crippen molar-refractivity contribution in [3.8, 4) is 0 Å². The number of carbonyl (C=O) groups is 1. The number of para-hydroxylation sites is 1. The molecule has 2 heterocycles. The third-order valence-corrected chi connectivity index (χ3v) is 2.83. The zero-order valence-corrected chi connectivity index (χ0v) is 10.6. The number of carbonyl (C=O) groups excluding carboxylic acids is 1. The van der Waals surface area contributed by atoms with Crippen molar-refractivity contribution in [2.75, 3.05) is 5.32 Å². The lowest BCUT2D eigenvalue weighted by molar-refractivity contribution is 0.100. The summed E-state index contributed by atoms with van der Waals surface area (Å²) in [4.78, 5) is 19.6. The molecule has 8 nitrogen and oxygen atoms in total. The maximum Gasteiger partial charge on any atom is 0.250 e. The zero-order chi connectivity index (χ0) is 14.1.